The Morgan fingerprint density at radius 2 is 1.81 bits per heavy atom. The molecule has 32 heavy (non-hydrogen) atoms. The molecule has 1 aliphatic carbocycles. The first-order valence-electron chi connectivity index (χ1n) is 11.1. The molecule has 8 heteroatoms. The van der Waals surface area contributed by atoms with Crippen LogP contribution in [0.5, 0.6) is 0 Å². The average Bonchev–Trinajstić information content (AvgIpc) is 3.32. The molecule has 1 fully saturated rings. The van der Waals surface area contributed by atoms with Crippen LogP contribution in [0.15, 0.2) is 42.9 Å². The molecule has 0 saturated carbocycles. The van der Waals surface area contributed by atoms with E-state index in [2.05, 4.69) is 15.3 Å². The van der Waals surface area contributed by atoms with E-state index in [-0.39, 0.29) is 42.0 Å². The van der Waals surface area contributed by atoms with Gasteiger partial charge in [-0.1, -0.05) is 26.0 Å². The Hall–Kier alpha value is -3.29. The number of nitrogens with zero attached hydrogens (tertiary/aromatic N) is 4. The quantitative estimate of drug-likeness (QED) is 0.533. The van der Waals surface area contributed by atoms with Gasteiger partial charge in [0.2, 0.25) is 17.7 Å². The summed E-state index contributed by atoms with van der Waals surface area (Å²) < 4.78 is 1.87. The third-order valence-electron chi connectivity index (χ3n) is 6.20. The summed E-state index contributed by atoms with van der Waals surface area (Å²) in [6.45, 7) is 6.15. The summed E-state index contributed by atoms with van der Waals surface area (Å²) in [6, 6.07) is 2.93. The number of imide groups is 1. The average molecular weight is 436 g/mol. The summed E-state index contributed by atoms with van der Waals surface area (Å²) >= 11 is 0. The molecule has 3 amide bonds. The lowest BCUT2D eigenvalue weighted by atomic mass is 9.85. The molecular weight excluding hydrogens is 406 g/mol. The van der Waals surface area contributed by atoms with E-state index in [9.17, 15) is 14.4 Å². The summed E-state index contributed by atoms with van der Waals surface area (Å²) in [4.78, 5) is 49.1. The van der Waals surface area contributed by atoms with Gasteiger partial charge in [-0.25, -0.2) is 9.97 Å². The molecule has 2 aromatic heterocycles. The number of hydrogen-bond donors (Lipinski definition) is 1. The second-order valence-corrected chi connectivity index (χ2v) is 8.93. The number of likely N-dealkylation sites (tertiary alicyclic amines) is 1. The minimum Gasteiger partial charge on any atom is -0.350 e. The number of nitrogens with one attached hydrogen (secondary N) is 1. The van der Waals surface area contributed by atoms with Gasteiger partial charge in [0, 0.05) is 25.1 Å². The van der Waals surface area contributed by atoms with Crippen LogP contribution in [0.2, 0.25) is 0 Å². The van der Waals surface area contributed by atoms with E-state index in [1.54, 1.807) is 12.4 Å². The number of amides is 3. The van der Waals surface area contributed by atoms with Crippen LogP contribution in [0, 0.1) is 24.7 Å². The van der Waals surface area contributed by atoms with Gasteiger partial charge in [0.25, 0.3) is 0 Å². The Kier molecular flexibility index (Phi) is 6.21. The molecule has 168 valence electrons. The first-order chi connectivity index (χ1) is 15.4. The number of hydrogen-bond acceptors (Lipinski definition) is 5. The van der Waals surface area contributed by atoms with Crippen molar-refractivity contribution >= 4 is 17.7 Å². The molecular formula is C24H29N5O3. The monoisotopic (exact) mass is 435 g/mol. The molecule has 0 aromatic carbocycles. The maximum absolute atomic E-state index is 13.2. The molecule has 1 saturated heterocycles. The summed E-state index contributed by atoms with van der Waals surface area (Å²) in [6.07, 6.45) is 10.7. The SMILES string of the molecule is Cc1nccn1-c1cc(CNC(=O)[C@@H](CC(C)C)N2C(=O)[C@H]3CC=CC[C@H]3C2=O)ccn1. The lowest BCUT2D eigenvalue weighted by Crippen LogP contribution is -2.50. The minimum absolute atomic E-state index is 0.156. The lowest BCUT2D eigenvalue weighted by molar-refractivity contribution is -0.148. The lowest BCUT2D eigenvalue weighted by Gasteiger charge is -2.27. The molecule has 2 aliphatic rings. The second-order valence-electron chi connectivity index (χ2n) is 8.93. The van der Waals surface area contributed by atoms with Crippen LogP contribution >= 0.6 is 0 Å². The third-order valence-corrected chi connectivity index (χ3v) is 6.20. The number of pyridine rings is 1. The zero-order valence-electron chi connectivity index (χ0n) is 18.7. The molecule has 8 nitrogen and oxygen atoms in total. The van der Waals surface area contributed by atoms with E-state index in [1.165, 1.54) is 4.90 Å². The van der Waals surface area contributed by atoms with Gasteiger partial charge < -0.3 is 5.32 Å². The number of aryl methyl sites for hydroxylation is 1. The highest BCUT2D eigenvalue weighted by Crippen LogP contribution is 2.37. The summed E-state index contributed by atoms with van der Waals surface area (Å²) in [5.41, 5.74) is 0.872. The fourth-order valence-electron chi connectivity index (χ4n) is 4.54. The molecule has 0 bridgehead atoms. The van der Waals surface area contributed by atoms with Crippen molar-refractivity contribution in [1.29, 1.82) is 0 Å². The molecule has 3 heterocycles. The maximum atomic E-state index is 13.2. The first-order valence-corrected chi connectivity index (χ1v) is 11.1. The van der Waals surface area contributed by atoms with Crippen molar-refractivity contribution in [3.8, 4) is 5.82 Å². The van der Waals surface area contributed by atoms with Gasteiger partial charge in [0.1, 0.15) is 17.7 Å². The standard InChI is InChI=1S/C24H29N5O3/c1-15(2)12-20(29-23(31)18-6-4-5-7-19(18)24(29)32)22(30)27-14-17-8-9-26-21(13-17)28-11-10-25-16(28)3/h4-5,8-11,13,15,18-20H,6-7,12,14H2,1-3H3,(H,27,30)/t18-,19+,20-/m1/s1. The van der Waals surface area contributed by atoms with E-state index in [0.717, 1.165) is 11.4 Å². The molecule has 0 spiro atoms. The smallest absolute Gasteiger partial charge is 0.243 e. The predicted molar refractivity (Wildman–Crippen MR) is 118 cm³/mol. The van der Waals surface area contributed by atoms with E-state index < -0.39 is 6.04 Å². The van der Waals surface area contributed by atoms with Crippen LogP contribution in [0.25, 0.3) is 5.82 Å². The van der Waals surface area contributed by atoms with Crippen LogP contribution in [-0.4, -0.2) is 43.2 Å². The Balaban J connectivity index is 1.49. The molecule has 4 rings (SSSR count). The number of aromatic nitrogens is 3. The van der Waals surface area contributed by atoms with E-state index in [4.69, 9.17) is 0 Å². The maximum Gasteiger partial charge on any atom is 0.243 e. The van der Waals surface area contributed by atoms with E-state index >= 15 is 0 Å². The highest BCUT2D eigenvalue weighted by atomic mass is 16.2. The van der Waals surface area contributed by atoms with Crippen molar-refractivity contribution in [3.05, 3.63) is 54.3 Å². The third kappa shape index (κ3) is 4.22. The number of carbonyl (C=O) groups excluding carboxylic acids is 3. The van der Waals surface area contributed by atoms with Gasteiger partial charge in [0.15, 0.2) is 0 Å². The van der Waals surface area contributed by atoms with Crippen LogP contribution in [-0.2, 0) is 20.9 Å². The van der Waals surface area contributed by atoms with Crippen molar-refractivity contribution in [2.75, 3.05) is 0 Å². The van der Waals surface area contributed by atoms with Crippen LogP contribution in [0.3, 0.4) is 0 Å². The van der Waals surface area contributed by atoms with Gasteiger partial charge in [-0.15, -0.1) is 0 Å². The van der Waals surface area contributed by atoms with Crippen LogP contribution in [0.4, 0.5) is 0 Å². The van der Waals surface area contributed by atoms with Gasteiger partial charge in [-0.05, 0) is 49.8 Å². The van der Waals surface area contributed by atoms with Crippen LogP contribution < -0.4 is 5.32 Å². The fraction of sp³-hybridized carbons (Fsp3) is 0.458. The van der Waals surface area contributed by atoms with Crippen LogP contribution in [0.1, 0.15) is 44.5 Å². The molecule has 2 aromatic rings. The number of imidazole rings is 1. The molecule has 1 N–H and O–H groups in total. The Bertz CT molecular complexity index is 1030. The van der Waals surface area contributed by atoms with Gasteiger partial charge in [0.05, 0.1) is 11.8 Å². The summed E-state index contributed by atoms with van der Waals surface area (Å²) in [5, 5.41) is 2.94. The Labute approximate surface area is 187 Å². The number of carbonyl (C=O) groups is 3. The zero-order valence-corrected chi connectivity index (χ0v) is 18.7. The van der Waals surface area contributed by atoms with Crippen molar-refractivity contribution in [3.63, 3.8) is 0 Å². The number of rotatable bonds is 7. The fourth-order valence-corrected chi connectivity index (χ4v) is 4.54. The highest BCUT2D eigenvalue weighted by Gasteiger charge is 2.51. The molecule has 0 unspecified atom stereocenters. The Morgan fingerprint density at radius 3 is 2.41 bits per heavy atom. The van der Waals surface area contributed by atoms with Crippen molar-refractivity contribution in [1.82, 2.24) is 24.8 Å². The number of allylic oxidation sites excluding steroid dienone is 2. The summed E-state index contributed by atoms with van der Waals surface area (Å²) in [5.74, 6) is 0.281. The van der Waals surface area contributed by atoms with E-state index in [1.807, 2.05) is 55.8 Å². The van der Waals surface area contributed by atoms with Crippen molar-refractivity contribution < 1.29 is 14.4 Å². The van der Waals surface area contributed by atoms with E-state index in [0.29, 0.717) is 25.1 Å². The Morgan fingerprint density at radius 1 is 1.12 bits per heavy atom. The van der Waals surface area contributed by atoms with Crippen molar-refractivity contribution in [2.45, 2.75) is 52.6 Å². The largest absolute Gasteiger partial charge is 0.350 e. The summed E-state index contributed by atoms with van der Waals surface area (Å²) in [7, 11) is 0. The van der Waals surface area contributed by atoms with Gasteiger partial charge in [-0.3, -0.25) is 23.9 Å². The highest BCUT2D eigenvalue weighted by molar-refractivity contribution is 6.08. The minimum atomic E-state index is -0.794. The number of fused-ring (bicyclic) bond motifs is 1. The molecule has 1 aliphatic heterocycles. The van der Waals surface area contributed by atoms with Crippen molar-refractivity contribution in [2.24, 2.45) is 17.8 Å². The predicted octanol–water partition coefficient (Wildman–Crippen LogP) is 2.56. The zero-order chi connectivity index (χ0) is 22.8. The van der Waals surface area contributed by atoms with Gasteiger partial charge in [-0.2, -0.15) is 0 Å². The molecule has 3 atom stereocenters. The first kappa shape index (κ1) is 21.9. The van der Waals surface area contributed by atoms with Gasteiger partial charge >= 0.3 is 0 Å². The molecule has 0 radical (unpaired) electrons. The normalized spacial score (nSPS) is 21.2. The second kappa shape index (κ2) is 9.06. The topological polar surface area (TPSA) is 97.2 Å².